The molecule has 2 nitrogen and oxygen atoms in total. The highest BCUT2D eigenvalue weighted by atomic mass is 14.6. The maximum atomic E-state index is 6.18. The molecule has 0 aliphatic rings. The van der Waals surface area contributed by atoms with Gasteiger partial charge in [-0.15, -0.1) is 0 Å². The summed E-state index contributed by atoms with van der Waals surface area (Å²) in [5, 5.41) is 0. The molecular formula is C21H22N2. The Bertz CT molecular complexity index is 879. The molecule has 0 aliphatic heterocycles. The third kappa shape index (κ3) is 2.80. The highest BCUT2D eigenvalue weighted by Gasteiger charge is 2.13. The van der Waals surface area contributed by atoms with Crippen molar-refractivity contribution in [2.75, 3.05) is 11.5 Å². The highest BCUT2D eigenvalue weighted by Crippen LogP contribution is 2.38. The van der Waals surface area contributed by atoms with Crippen molar-refractivity contribution in [3.05, 3.63) is 71.3 Å². The first-order chi connectivity index (χ1) is 11.0. The smallest absolute Gasteiger partial charge is 0.0350 e. The van der Waals surface area contributed by atoms with Crippen molar-refractivity contribution in [2.24, 2.45) is 0 Å². The lowest BCUT2D eigenvalue weighted by molar-refractivity contribution is 1.41. The minimum Gasteiger partial charge on any atom is -0.399 e. The molecule has 2 heteroatoms. The molecule has 23 heavy (non-hydrogen) atoms. The van der Waals surface area contributed by atoms with Gasteiger partial charge in [0.15, 0.2) is 0 Å². The number of hydrogen-bond donors (Lipinski definition) is 2. The summed E-state index contributed by atoms with van der Waals surface area (Å²) in [5.74, 6) is 0. The van der Waals surface area contributed by atoms with Gasteiger partial charge in [0.05, 0.1) is 0 Å². The second-order valence-electron chi connectivity index (χ2n) is 6.14. The normalized spacial score (nSPS) is 10.7. The lowest BCUT2D eigenvalue weighted by Gasteiger charge is -2.16. The molecule has 0 saturated heterocycles. The number of nitrogen functional groups attached to an aromatic ring is 2. The number of rotatable bonds is 2. The molecule has 0 radical (unpaired) electrons. The second-order valence-corrected chi connectivity index (χ2v) is 6.14. The third-order valence-corrected chi connectivity index (χ3v) is 4.39. The van der Waals surface area contributed by atoms with Gasteiger partial charge in [-0.05, 0) is 72.4 Å². The first kappa shape index (κ1) is 15.2. The van der Waals surface area contributed by atoms with Gasteiger partial charge in [0, 0.05) is 11.4 Å². The molecule has 0 aliphatic carbocycles. The zero-order valence-corrected chi connectivity index (χ0v) is 13.9. The monoisotopic (exact) mass is 302 g/mol. The van der Waals surface area contributed by atoms with Gasteiger partial charge in [-0.2, -0.15) is 0 Å². The predicted molar refractivity (Wildman–Crippen MR) is 100 cm³/mol. The van der Waals surface area contributed by atoms with E-state index in [0.29, 0.717) is 0 Å². The van der Waals surface area contributed by atoms with Gasteiger partial charge in [-0.3, -0.25) is 0 Å². The van der Waals surface area contributed by atoms with Crippen LogP contribution in [0.25, 0.3) is 22.3 Å². The quantitative estimate of drug-likeness (QED) is 0.646. The summed E-state index contributed by atoms with van der Waals surface area (Å²) in [7, 11) is 0. The largest absolute Gasteiger partial charge is 0.399 e. The van der Waals surface area contributed by atoms with Crippen molar-refractivity contribution < 1.29 is 0 Å². The van der Waals surface area contributed by atoms with E-state index in [4.69, 9.17) is 11.5 Å². The molecule has 0 unspecified atom stereocenters. The number of hydrogen-bond acceptors (Lipinski definition) is 2. The van der Waals surface area contributed by atoms with E-state index in [-0.39, 0.29) is 0 Å². The summed E-state index contributed by atoms with van der Waals surface area (Å²) in [4.78, 5) is 0. The van der Waals surface area contributed by atoms with Crippen LogP contribution in [0.3, 0.4) is 0 Å². The van der Waals surface area contributed by atoms with Crippen LogP contribution in [0.5, 0.6) is 0 Å². The van der Waals surface area contributed by atoms with E-state index < -0.39 is 0 Å². The summed E-state index contributed by atoms with van der Waals surface area (Å²) in [6.07, 6.45) is 0. The molecule has 0 aromatic heterocycles. The van der Waals surface area contributed by atoms with Crippen LogP contribution in [-0.2, 0) is 0 Å². The van der Waals surface area contributed by atoms with E-state index in [1.165, 1.54) is 22.3 Å². The van der Waals surface area contributed by atoms with Crippen LogP contribution in [0.2, 0.25) is 0 Å². The van der Waals surface area contributed by atoms with Crippen molar-refractivity contribution in [3.8, 4) is 22.3 Å². The molecule has 0 bridgehead atoms. The summed E-state index contributed by atoms with van der Waals surface area (Å²) < 4.78 is 0. The minimum atomic E-state index is 0.817. The topological polar surface area (TPSA) is 52.0 Å². The van der Waals surface area contributed by atoms with Crippen molar-refractivity contribution in [1.82, 2.24) is 0 Å². The van der Waals surface area contributed by atoms with Gasteiger partial charge in [0.25, 0.3) is 0 Å². The first-order valence-corrected chi connectivity index (χ1v) is 7.80. The molecule has 0 amide bonds. The van der Waals surface area contributed by atoms with Gasteiger partial charge in [-0.25, -0.2) is 0 Å². The Balaban J connectivity index is 2.29. The standard InChI is InChI=1S/C21H22N2/c1-13-5-4-6-17(11-13)21-15(3)20(23)10-8-18(21)16-7-9-19(22)14(2)12-16/h4-12H,22-23H2,1-3H3. The van der Waals surface area contributed by atoms with Gasteiger partial charge in [0.1, 0.15) is 0 Å². The lowest BCUT2D eigenvalue weighted by Crippen LogP contribution is -1.97. The summed E-state index contributed by atoms with van der Waals surface area (Å²) >= 11 is 0. The minimum absolute atomic E-state index is 0.817. The second kappa shape index (κ2) is 5.81. The van der Waals surface area contributed by atoms with Crippen LogP contribution in [0.15, 0.2) is 54.6 Å². The Kier molecular flexibility index (Phi) is 3.83. The molecule has 3 aromatic carbocycles. The summed E-state index contributed by atoms with van der Waals surface area (Å²) in [6, 6.07) is 18.8. The Morgan fingerprint density at radius 2 is 1.43 bits per heavy atom. The molecule has 0 spiro atoms. The first-order valence-electron chi connectivity index (χ1n) is 7.80. The third-order valence-electron chi connectivity index (χ3n) is 4.39. The van der Waals surface area contributed by atoms with Crippen LogP contribution in [-0.4, -0.2) is 0 Å². The Hall–Kier alpha value is -2.74. The Morgan fingerprint density at radius 1 is 0.696 bits per heavy atom. The van der Waals surface area contributed by atoms with E-state index in [9.17, 15) is 0 Å². The van der Waals surface area contributed by atoms with Gasteiger partial charge in [0.2, 0.25) is 0 Å². The molecule has 4 N–H and O–H groups in total. The van der Waals surface area contributed by atoms with Gasteiger partial charge < -0.3 is 11.5 Å². The molecule has 0 heterocycles. The van der Waals surface area contributed by atoms with Crippen LogP contribution >= 0.6 is 0 Å². The highest BCUT2D eigenvalue weighted by molar-refractivity contribution is 5.89. The number of aryl methyl sites for hydroxylation is 2. The lowest BCUT2D eigenvalue weighted by atomic mass is 9.89. The van der Waals surface area contributed by atoms with Crippen molar-refractivity contribution in [3.63, 3.8) is 0 Å². The van der Waals surface area contributed by atoms with E-state index in [1.54, 1.807) is 0 Å². The summed E-state index contributed by atoms with van der Waals surface area (Å²) in [5.41, 5.74) is 22.0. The fourth-order valence-corrected chi connectivity index (χ4v) is 2.98. The molecule has 116 valence electrons. The predicted octanol–water partition coefficient (Wildman–Crippen LogP) is 5.11. The molecule has 0 saturated carbocycles. The van der Waals surface area contributed by atoms with Crippen LogP contribution in [0.4, 0.5) is 11.4 Å². The van der Waals surface area contributed by atoms with E-state index in [0.717, 1.165) is 28.1 Å². The van der Waals surface area contributed by atoms with Crippen molar-refractivity contribution >= 4 is 11.4 Å². The van der Waals surface area contributed by atoms with Crippen molar-refractivity contribution in [2.45, 2.75) is 20.8 Å². The average Bonchev–Trinajstić information content (AvgIpc) is 2.52. The van der Waals surface area contributed by atoms with Crippen LogP contribution in [0, 0.1) is 20.8 Å². The van der Waals surface area contributed by atoms with Crippen molar-refractivity contribution in [1.29, 1.82) is 0 Å². The number of anilines is 2. The van der Waals surface area contributed by atoms with E-state index in [2.05, 4.69) is 56.3 Å². The van der Waals surface area contributed by atoms with Crippen LogP contribution in [0.1, 0.15) is 16.7 Å². The maximum absolute atomic E-state index is 6.18. The molecular weight excluding hydrogens is 280 g/mol. The number of nitrogens with two attached hydrogens (primary N) is 2. The molecule has 3 aromatic rings. The maximum Gasteiger partial charge on any atom is 0.0350 e. The molecule has 3 rings (SSSR count). The summed E-state index contributed by atoms with van der Waals surface area (Å²) in [6.45, 7) is 6.23. The Morgan fingerprint density at radius 3 is 2.13 bits per heavy atom. The molecule has 0 atom stereocenters. The SMILES string of the molecule is Cc1cccc(-c2c(-c3ccc(N)c(C)c3)ccc(N)c2C)c1. The zero-order valence-electron chi connectivity index (χ0n) is 13.9. The van der Waals surface area contributed by atoms with Gasteiger partial charge in [-0.1, -0.05) is 42.0 Å². The Labute approximate surface area is 137 Å². The zero-order chi connectivity index (χ0) is 16.6. The number of benzene rings is 3. The van der Waals surface area contributed by atoms with E-state index in [1.807, 2.05) is 19.1 Å². The van der Waals surface area contributed by atoms with Gasteiger partial charge >= 0.3 is 0 Å². The average molecular weight is 302 g/mol. The molecule has 0 fully saturated rings. The fourth-order valence-electron chi connectivity index (χ4n) is 2.98. The van der Waals surface area contributed by atoms with E-state index >= 15 is 0 Å². The fraction of sp³-hybridized carbons (Fsp3) is 0.143. The van der Waals surface area contributed by atoms with Crippen LogP contribution < -0.4 is 11.5 Å².